The van der Waals surface area contributed by atoms with Crippen molar-refractivity contribution in [2.24, 2.45) is 0 Å². The van der Waals surface area contributed by atoms with Gasteiger partial charge in [-0.15, -0.1) is 0 Å². The van der Waals surface area contributed by atoms with E-state index >= 15 is 0 Å². The summed E-state index contributed by atoms with van der Waals surface area (Å²) in [5.41, 5.74) is 3.71. The van der Waals surface area contributed by atoms with E-state index in [1.54, 1.807) is 0 Å². The number of piperazine rings is 3. The maximum absolute atomic E-state index is 12.6. The van der Waals surface area contributed by atoms with Crippen LogP contribution in [0.3, 0.4) is 0 Å². The van der Waals surface area contributed by atoms with Crippen molar-refractivity contribution in [3.8, 4) is 0 Å². The summed E-state index contributed by atoms with van der Waals surface area (Å²) in [4.78, 5) is 17.4. The fraction of sp³-hybridized carbons (Fsp3) is 0.562. The molecule has 0 radical (unpaired) electrons. The largest absolute Gasteiger partial charge is 0.299 e. The van der Waals surface area contributed by atoms with Gasteiger partial charge >= 0.3 is 0 Å². The van der Waals surface area contributed by atoms with Crippen LogP contribution in [0.2, 0.25) is 0 Å². The Labute approximate surface area is 115 Å². The molecule has 0 aliphatic carbocycles. The van der Waals surface area contributed by atoms with Crippen molar-refractivity contribution in [1.29, 1.82) is 0 Å². The van der Waals surface area contributed by atoms with Crippen molar-refractivity contribution < 1.29 is 4.79 Å². The first-order valence-corrected chi connectivity index (χ1v) is 7.19. The van der Waals surface area contributed by atoms with Gasteiger partial charge in [-0.3, -0.25) is 14.6 Å². The van der Waals surface area contributed by atoms with Gasteiger partial charge in [0.2, 0.25) is 0 Å². The van der Waals surface area contributed by atoms with Gasteiger partial charge in [0.1, 0.15) is 0 Å². The molecule has 3 saturated heterocycles. The first-order chi connectivity index (χ1) is 9.15. The third-order valence-electron chi connectivity index (χ3n) is 4.65. The minimum Gasteiger partial charge on any atom is -0.299 e. The molecule has 3 heterocycles. The Morgan fingerprint density at radius 2 is 1.79 bits per heavy atom. The van der Waals surface area contributed by atoms with E-state index in [4.69, 9.17) is 0 Å². The molecule has 19 heavy (non-hydrogen) atoms. The van der Waals surface area contributed by atoms with Gasteiger partial charge in [0.25, 0.3) is 0 Å². The smallest absolute Gasteiger partial charge is 0.155 e. The van der Waals surface area contributed by atoms with Crippen LogP contribution in [0.4, 0.5) is 0 Å². The van der Waals surface area contributed by atoms with Crippen molar-refractivity contribution in [3.05, 3.63) is 34.9 Å². The van der Waals surface area contributed by atoms with Crippen LogP contribution in [0, 0.1) is 13.8 Å². The second kappa shape index (κ2) is 5.06. The maximum atomic E-state index is 12.6. The highest BCUT2D eigenvalue weighted by Crippen LogP contribution is 2.20. The predicted molar refractivity (Wildman–Crippen MR) is 76.4 cm³/mol. The number of benzene rings is 1. The number of carbonyl (C=O) groups excluding carboxylic acids is 1. The van der Waals surface area contributed by atoms with Crippen LogP contribution in [-0.4, -0.2) is 54.3 Å². The number of hydrogen-bond donors (Lipinski definition) is 0. The van der Waals surface area contributed by atoms with Crippen molar-refractivity contribution >= 4 is 5.78 Å². The topological polar surface area (TPSA) is 23.6 Å². The van der Waals surface area contributed by atoms with Crippen LogP contribution >= 0.6 is 0 Å². The van der Waals surface area contributed by atoms with Gasteiger partial charge in [0, 0.05) is 39.1 Å². The molecule has 0 amide bonds. The van der Waals surface area contributed by atoms with E-state index in [0.717, 1.165) is 32.7 Å². The van der Waals surface area contributed by atoms with E-state index in [1.165, 1.54) is 16.7 Å². The van der Waals surface area contributed by atoms with Gasteiger partial charge in [0.05, 0.1) is 6.04 Å². The summed E-state index contributed by atoms with van der Waals surface area (Å²) in [6.45, 7) is 9.52. The first kappa shape index (κ1) is 12.8. The Hall–Kier alpha value is -1.19. The summed E-state index contributed by atoms with van der Waals surface area (Å²) >= 11 is 0. The lowest BCUT2D eigenvalue weighted by atomic mass is 9.93. The number of ketones is 1. The Bertz CT molecular complexity index is 469. The van der Waals surface area contributed by atoms with Crippen molar-refractivity contribution in [2.45, 2.75) is 26.3 Å². The van der Waals surface area contributed by atoms with Gasteiger partial charge in [-0.05, 0) is 30.5 Å². The highest BCUT2D eigenvalue weighted by Gasteiger charge is 2.35. The van der Waals surface area contributed by atoms with E-state index in [0.29, 0.717) is 12.2 Å². The van der Waals surface area contributed by atoms with Crippen molar-refractivity contribution in [1.82, 2.24) is 9.80 Å². The van der Waals surface area contributed by atoms with Crippen LogP contribution in [0.25, 0.3) is 0 Å². The third kappa shape index (κ3) is 2.45. The quantitative estimate of drug-likeness (QED) is 0.819. The van der Waals surface area contributed by atoms with E-state index < -0.39 is 0 Å². The second-order valence-electron chi connectivity index (χ2n) is 5.87. The van der Waals surface area contributed by atoms with Crippen LogP contribution in [0.1, 0.15) is 16.7 Å². The molecule has 1 aromatic carbocycles. The normalized spacial score (nSPS) is 29.5. The lowest BCUT2D eigenvalue weighted by molar-refractivity contribution is -0.128. The van der Waals surface area contributed by atoms with E-state index in [2.05, 4.69) is 41.8 Å². The zero-order chi connectivity index (χ0) is 13.4. The average Bonchev–Trinajstić information content (AvgIpc) is 2.44. The zero-order valence-corrected chi connectivity index (χ0v) is 11.9. The molecule has 2 bridgehead atoms. The number of hydrogen-bond acceptors (Lipinski definition) is 3. The summed E-state index contributed by atoms with van der Waals surface area (Å²) in [5, 5.41) is 0. The fourth-order valence-electron chi connectivity index (χ4n) is 3.34. The monoisotopic (exact) mass is 258 g/mol. The number of fused-ring (bicyclic) bond motifs is 3. The highest BCUT2D eigenvalue weighted by atomic mass is 16.1. The van der Waals surface area contributed by atoms with Gasteiger partial charge < -0.3 is 0 Å². The standard InChI is InChI=1S/C16H22N2O/c1-12-4-3-5-13(2)14(12)10-16(19)15-11-17-6-8-18(15)9-7-17/h3-5,15H,6-11H2,1-2H3. The molecular formula is C16H22N2O. The summed E-state index contributed by atoms with van der Waals surface area (Å²) in [5.74, 6) is 0.391. The van der Waals surface area contributed by atoms with Gasteiger partial charge in [0.15, 0.2) is 5.78 Å². The number of carbonyl (C=O) groups is 1. The zero-order valence-electron chi connectivity index (χ0n) is 11.9. The minimum absolute atomic E-state index is 0.126. The van der Waals surface area contributed by atoms with Gasteiger partial charge in [-0.25, -0.2) is 0 Å². The van der Waals surface area contributed by atoms with Crippen LogP contribution in [0.15, 0.2) is 18.2 Å². The van der Waals surface area contributed by atoms with Gasteiger partial charge in [-0.2, -0.15) is 0 Å². The SMILES string of the molecule is Cc1cccc(C)c1CC(=O)C1CN2CCN1CC2. The number of nitrogens with zero attached hydrogens (tertiary/aromatic N) is 2. The molecule has 4 rings (SSSR count). The molecule has 1 aromatic rings. The van der Waals surface area contributed by atoms with E-state index in [1.807, 2.05) is 0 Å². The Morgan fingerprint density at radius 1 is 1.16 bits per heavy atom. The molecule has 1 unspecified atom stereocenters. The molecule has 0 N–H and O–H groups in total. The molecule has 0 saturated carbocycles. The van der Waals surface area contributed by atoms with Crippen molar-refractivity contribution in [2.75, 3.05) is 32.7 Å². The lowest BCUT2D eigenvalue weighted by Crippen LogP contribution is -2.63. The summed E-state index contributed by atoms with van der Waals surface area (Å²) in [6.07, 6.45) is 0.591. The van der Waals surface area contributed by atoms with Gasteiger partial charge in [-0.1, -0.05) is 18.2 Å². The molecule has 0 aromatic heterocycles. The molecule has 3 aliphatic heterocycles. The lowest BCUT2D eigenvalue weighted by Gasteiger charge is -2.46. The van der Waals surface area contributed by atoms with Crippen LogP contribution < -0.4 is 0 Å². The Kier molecular flexibility index (Phi) is 3.42. The third-order valence-corrected chi connectivity index (χ3v) is 4.65. The number of Topliss-reactive ketones (excluding diaryl/α,β-unsaturated/α-hetero) is 1. The molecule has 3 aliphatic rings. The minimum atomic E-state index is 0.126. The van der Waals surface area contributed by atoms with Crippen molar-refractivity contribution in [3.63, 3.8) is 0 Å². The highest BCUT2D eigenvalue weighted by molar-refractivity contribution is 5.87. The molecule has 102 valence electrons. The number of rotatable bonds is 3. The van der Waals surface area contributed by atoms with E-state index in [9.17, 15) is 4.79 Å². The Morgan fingerprint density at radius 3 is 2.32 bits per heavy atom. The first-order valence-electron chi connectivity index (χ1n) is 7.19. The molecule has 0 spiro atoms. The van der Waals surface area contributed by atoms with E-state index in [-0.39, 0.29) is 6.04 Å². The molecule has 3 nitrogen and oxygen atoms in total. The molecule has 3 heteroatoms. The Balaban J connectivity index is 1.75. The summed E-state index contributed by atoms with van der Waals surface area (Å²) in [7, 11) is 0. The maximum Gasteiger partial charge on any atom is 0.155 e. The molecular weight excluding hydrogens is 236 g/mol. The predicted octanol–water partition coefficient (Wildman–Crippen LogP) is 1.41. The fourth-order valence-corrected chi connectivity index (χ4v) is 3.34. The second-order valence-corrected chi connectivity index (χ2v) is 5.87. The molecule has 1 atom stereocenters. The number of aryl methyl sites for hydroxylation is 2. The van der Waals surface area contributed by atoms with Crippen LogP contribution in [-0.2, 0) is 11.2 Å². The summed E-state index contributed by atoms with van der Waals surface area (Å²) in [6, 6.07) is 6.40. The molecule has 3 fully saturated rings. The summed E-state index contributed by atoms with van der Waals surface area (Å²) < 4.78 is 0. The van der Waals surface area contributed by atoms with Crippen LogP contribution in [0.5, 0.6) is 0 Å². The average molecular weight is 258 g/mol.